The lowest BCUT2D eigenvalue weighted by molar-refractivity contribution is -0.183. The van der Waals surface area contributed by atoms with Crippen molar-refractivity contribution in [1.82, 2.24) is 0 Å². The van der Waals surface area contributed by atoms with Crippen LogP contribution in [-0.4, -0.2) is 23.8 Å². The predicted molar refractivity (Wildman–Crippen MR) is 42.7 cm³/mol. The second kappa shape index (κ2) is 2.54. The minimum atomic E-state index is -0.473. The van der Waals surface area contributed by atoms with E-state index in [2.05, 4.69) is 0 Å². The summed E-state index contributed by atoms with van der Waals surface area (Å²) >= 11 is 0. The fourth-order valence-corrected chi connectivity index (χ4v) is 1.94. The van der Waals surface area contributed by atoms with E-state index >= 15 is 0 Å². The third-order valence-electron chi connectivity index (χ3n) is 2.66. The van der Waals surface area contributed by atoms with E-state index in [1.807, 2.05) is 13.8 Å². The molecule has 0 aliphatic carbocycles. The first-order valence-corrected chi connectivity index (χ1v) is 4.53. The maximum atomic E-state index is 11.4. The average molecular weight is 170 g/mol. The fourth-order valence-electron chi connectivity index (χ4n) is 1.94. The van der Waals surface area contributed by atoms with E-state index in [0.29, 0.717) is 12.8 Å². The molecule has 2 aliphatic rings. The average Bonchev–Trinajstić information content (AvgIpc) is 2.34. The van der Waals surface area contributed by atoms with Gasteiger partial charge in [0.15, 0.2) is 11.6 Å². The molecule has 0 spiro atoms. The van der Waals surface area contributed by atoms with Crippen LogP contribution in [0.25, 0.3) is 0 Å². The zero-order valence-electron chi connectivity index (χ0n) is 7.50. The van der Waals surface area contributed by atoms with Crippen LogP contribution in [0.5, 0.6) is 0 Å². The standard InChI is InChI=1S/C9H14O3/c1-3-7-8-6(10)4-5-9(2,11-7)12-8/h7-8H,3-5H2,1-2H3/t7-,8-,9+/m1/s1. The van der Waals surface area contributed by atoms with Crippen LogP contribution in [0.15, 0.2) is 0 Å². The van der Waals surface area contributed by atoms with Crippen LogP contribution in [0.2, 0.25) is 0 Å². The number of hydrogen-bond donors (Lipinski definition) is 0. The summed E-state index contributed by atoms with van der Waals surface area (Å²) in [5.74, 6) is -0.268. The largest absolute Gasteiger partial charge is 0.344 e. The molecule has 0 aromatic carbocycles. The number of rotatable bonds is 1. The molecule has 0 amide bonds. The molecule has 3 atom stereocenters. The molecule has 3 nitrogen and oxygen atoms in total. The van der Waals surface area contributed by atoms with Gasteiger partial charge in [0, 0.05) is 12.8 Å². The zero-order chi connectivity index (χ0) is 8.77. The Bertz CT molecular complexity index is 214. The van der Waals surface area contributed by atoms with Crippen molar-refractivity contribution in [2.45, 2.75) is 51.1 Å². The van der Waals surface area contributed by atoms with E-state index in [-0.39, 0.29) is 18.0 Å². The SMILES string of the molecule is CC[C@H]1O[C@]2(C)CCC(=O)[C@H]1O2. The topological polar surface area (TPSA) is 35.5 Å². The summed E-state index contributed by atoms with van der Waals surface area (Å²) in [5, 5.41) is 0. The van der Waals surface area contributed by atoms with Crippen LogP contribution < -0.4 is 0 Å². The lowest BCUT2D eigenvalue weighted by Gasteiger charge is -2.26. The third-order valence-corrected chi connectivity index (χ3v) is 2.66. The molecular weight excluding hydrogens is 156 g/mol. The summed E-state index contributed by atoms with van der Waals surface area (Å²) in [6, 6.07) is 0. The number of fused-ring (bicyclic) bond motifs is 2. The van der Waals surface area contributed by atoms with Gasteiger partial charge in [-0.1, -0.05) is 6.92 Å². The van der Waals surface area contributed by atoms with Crippen LogP contribution in [0.3, 0.4) is 0 Å². The van der Waals surface area contributed by atoms with Crippen molar-refractivity contribution in [3.63, 3.8) is 0 Å². The molecule has 2 fully saturated rings. The van der Waals surface area contributed by atoms with Gasteiger partial charge >= 0.3 is 0 Å². The summed E-state index contributed by atoms with van der Waals surface area (Å²) in [5.41, 5.74) is 0. The minimum absolute atomic E-state index is 0.00926. The molecule has 0 N–H and O–H groups in total. The van der Waals surface area contributed by atoms with Gasteiger partial charge in [-0.3, -0.25) is 4.79 Å². The predicted octanol–water partition coefficient (Wildman–Crippen LogP) is 1.26. The molecule has 2 heterocycles. The summed E-state index contributed by atoms with van der Waals surface area (Å²) in [6.07, 6.45) is 1.88. The van der Waals surface area contributed by atoms with E-state index in [1.54, 1.807) is 0 Å². The Morgan fingerprint density at radius 1 is 1.58 bits per heavy atom. The molecule has 68 valence electrons. The van der Waals surface area contributed by atoms with Gasteiger partial charge in [-0.2, -0.15) is 0 Å². The molecule has 2 rings (SSSR count). The smallest absolute Gasteiger partial charge is 0.167 e. The Morgan fingerprint density at radius 2 is 2.33 bits per heavy atom. The number of ether oxygens (including phenoxy) is 2. The number of carbonyl (C=O) groups is 1. The number of ketones is 1. The lowest BCUT2D eigenvalue weighted by atomic mass is 10.0. The van der Waals surface area contributed by atoms with Gasteiger partial charge in [0.25, 0.3) is 0 Å². The van der Waals surface area contributed by atoms with E-state index < -0.39 is 5.79 Å². The summed E-state index contributed by atoms with van der Waals surface area (Å²) in [7, 11) is 0. The number of Topliss-reactive ketones (excluding diaryl/α,β-unsaturated/α-hetero) is 1. The van der Waals surface area contributed by atoms with Gasteiger partial charge in [0.1, 0.15) is 6.10 Å². The van der Waals surface area contributed by atoms with Crippen LogP contribution >= 0.6 is 0 Å². The highest BCUT2D eigenvalue weighted by Crippen LogP contribution is 2.38. The second-order valence-electron chi connectivity index (χ2n) is 3.70. The van der Waals surface area contributed by atoms with Gasteiger partial charge in [0.05, 0.1) is 6.10 Å². The summed E-state index contributed by atoms with van der Waals surface area (Å²) in [4.78, 5) is 11.4. The Labute approximate surface area is 72.0 Å². The first-order chi connectivity index (χ1) is 5.64. The van der Waals surface area contributed by atoms with E-state index in [1.165, 1.54) is 0 Å². The molecule has 0 aromatic heterocycles. The zero-order valence-corrected chi connectivity index (χ0v) is 7.50. The first-order valence-electron chi connectivity index (χ1n) is 4.53. The molecular formula is C9H14O3. The first kappa shape index (κ1) is 8.20. The Kier molecular flexibility index (Phi) is 1.73. The number of hydrogen-bond acceptors (Lipinski definition) is 3. The fraction of sp³-hybridized carbons (Fsp3) is 0.889. The van der Waals surface area contributed by atoms with Crippen LogP contribution in [-0.2, 0) is 14.3 Å². The normalized spacial score (nSPS) is 46.7. The van der Waals surface area contributed by atoms with Gasteiger partial charge in [-0.25, -0.2) is 0 Å². The summed E-state index contributed by atoms with van der Waals surface area (Å²) in [6.45, 7) is 3.94. The highest BCUT2D eigenvalue weighted by molar-refractivity contribution is 5.84. The Balaban J connectivity index is 2.20. The van der Waals surface area contributed by atoms with Crippen molar-refractivity contribution < 1.29 is 14.3 Å². The minimum Gasteiger partial charge on any atom is -0.344 e. The van der Waals surface area contributed by atoms with E-state index in [9.17, 15) is 4.79 Å². The van der Waals surface area contributed by atoms with E-state index in [0.717, 1.165) is 6.42 Å². The van der Waals surface area contributed by atoms with Gasteiger partial charge in [0.2, 0.25) is 0 Å². The van der Waals surface area contributed by atoms with Gasteiger partial charge in [-0.05, 0) is 13.3 Å². The molecule has 2 bridgehead atoms. The quantitative estimate of drug-likeness (QED) is 0.594. The van der Waals surface area contributed by atoms with Crippen molar-refractivity contribution >= 4 is 5.78 Å². The third kappa shape index (κ3) is 1.08. The maximum Gasteiger partial charge on any atom is 0.167 e. The van der Waals surface area contributed by atoms with Crippen LogP contribution in [0.4, 0.5) is 0 Å². The summed E-state index contributed by atoms with van der Waals surface area (Å²) < 4.78 is 11.2. The maximum absolute atomic E-state index is 11.4. The molecule has 0 radical (unpaired) electrons. The molecule has 0 saturated carbocycles. The Morgan fingerprint density at radius 3 is 3.00 bits per heavy atom. The van der Waals surface area contributed by atoms with E-state index in [4.69, 9.17) is 9.47 Å². The molecule has 2 saturated heterocycles. The number of carbonyl (C=O) groups excluding carboxylic acids is 1. The molecule has 0 unspecified atom stereocenters. The highest BCUT2D eigenvalue weighted by atomic mass is 16.8. The van der Waals surface area contributed by atoms with Crippen molar-refractivity contribution in [2.75, 3.05) is 0 Å². The Hall–Kier alpha value is -0.410. The van der Waals surface area contributed by atoms with Crippen molar-refractivity contribution in [2.24, 2.45) is 0 Å². The second-order valence-corrected chi connectivity index (χ2v) is 3.70. The van der Waals surface area contributed by atoms with Crippen molar-refractivity contribution in [3.05, 3.63) is 0 Å². The molecule has 12 heavy (non-hydrogen) atoms. The van der Waals surface area contributed by atoms with Gasteiger partial charge < -0.3 is 9.47 Å². The molecule has 3 heteroatoms. The monoisotopic (exact) mass is 170 g/mol. The van der Waals surface area contributed by atoms with Gasteiger partial charge in [-0.15, -0.1) is 0 Å². The lowest BCUT2D eigenvalue weighted by Crippen LogP contribution is -2.36. The van der Waals surface area contributed by atoms with Crippen LogP contribution in [0, 0.1) is 0 Å². The molecule has 0 aromatic rings. The van der Waals surface area contributed by atoms with Crippen molar-refractivity contribution in [3.8, 4) is 0 Å². The molecule has 2 aliphatic heterocycles. The highest BCUT2D eigenvalue weighted by Gasteiger charge is 2.50. The van der Waals surface area contributed by atoms with Crippen LogP contribution in [0.1, 0.15) is 33.1 Å². The van der Waals surface area contributed by atoms with Crippen molar-refractivity contribution in [1.29, 1.82) is 0 Å².